The Kier molecular flexibility index (Phi) is 5.13. The van der Waals surface area contributed by atoms with Crippen molar-refractivity contribution in [3.8, 4) is 6.07 Å². The molecular formula is C11H14N2S. The fourth-order valence-corrected chi connectivity index (χ4v) is 2.08. The van der Waals surface area contributed by atoms with Gasteiger partial charge in [-0.05, 0) is 12.6 Å². The lowest BCUT2D eigenvalue weighted by Crippen LogP contribution is -2.25. The van der Waals surface area contributed by atoms with Gasteiger partial charge >= 0.3 is 0 Å². The van der Waals surface area contributed by atoms with E-state index in [1.54, 1.807) is 11.8 Å². The molecule has 0 radical (unpaired) electrons. The van der Waals surface area contributed by atoms with E-state index in [-0.39, 0.29) is 6.04 Å². The summed E-state index contributed by atoms with van der Waals surface area (Å²) >= 11 is 1.78. The van der Waals surface area contributed by atoms with Gasteiger partial charge in [-0.3, -0.25) is 0 Å². The molecule has 0 heterocycles. The first-order valence-electron chi connectivity index (χ1n) is 4.55. The second-order valence-corrected chi connectivity index (χ2v) is 4.00. The predicted octanol–water partition coefficient (Wildman–Crippen LogP) is 2.03. The summed E-state index contributed by atoms with van der Waals surface area (Å²) in [4.78, 5) is 0. The van der Waals surface area contributed by atoms with Gasteiger partial charge in [0.15, 0.2) is 0 Å². The van der Waals surface area contributed by atoms with Gasteiger partial charge in [0.2, 0.25) is 0 Å². The smallest absolute Gasteiger partial charge is 0.104 e. The summed E-state index contributed by atoms with van der Waals surface area (Å²) in [5.41, 5.74) is 1.31. The van der Waals surface area contributed by atoms with Crippen molar-refractivity contribution in [3.05, 3.63) is 35.9 Å². The number of nitrogens with zero attached hydrogens (tertiary/aromatic N) is 1. The molecule has 14 heavy (non-hydrogen) atoms. The largest absolute Gasteiger partial charge is 0.304 e. The molecule has 1 atom stereocenters. The molecule has 0 aliphatic rings. The normalized spacial score (nSPS) is 12.0. The maximum absolute atomic E-state index is 8.70. The average molecular weight is 206 g/mol. The third-order valence-electron chi connectivity index (χ3n) is 1.90. The zero-order valence-corrected chi connectivity index (χ0v) is 9.05. The third kappa shape index (κ3) is 3.82. The van der Waals surface area contributed by atoms with Crippen LogP contribution in [0.3, 0.4) is 0 Å². The molecule has 1 aromatic carbocycles. The average Bonchev–Trinajstić information content (AvgIpc) is 2.26. The van der Waals surface area contributed by atoms with E-state index in [1.807, 2.05) is 25.2 Å². The van der Waals surface area contributed by atoms with Crippen LogP contribution in [0.1, 0.15) is 5.56 Å². The van der Waals surface area contributed by atoms with Crippen LogP contribution in [0.4, 0.5) is 0 Å². The van der Waals surface area contributed by atoms with Crippen LogP contribution in [0.25, 0.3) is 0 Å². The number of hydrogen-bond acceptors (Lipinski definition) is 3. The van der Waals surface area contributed by atoms with E-state index >= 15 is 0 Å². The molecule has 1 N–H and O–H groups in total. The number of nitrogens with one attached hydrogen (secondary N) is 1. The minimum absolute atomic E-state index is 0.0382. The monoisotopic (exact) mass is 206 g/mol. The second kappa shape index (κ2) is 6.47. The first-order chi connectivity index (χ1) is 6.86. The molecule has 1 rings (SSSR count). The fourth-order valence-electron chi connectivity index (χ4n) is 1.05. The summed E-state index contributed by atoms with van der Waals surface area (Å²) in [5, 5.41) is 11.7. The van der Waals surface area contributed by atoms with Crippen molar-refractivity contribution >= 4 is 11.8 Å². The highest BCUT2D eigenvalue weighted by molar-refractivity contribution is 7.98. The summed E-state index contributed by atoms with van der Waals surface area (Å²) < 4.78 is 0. The molecule has 0 amide bonds. The summed E-state index contributed by atoms with van der Waals surface area (Å²) in [6.45, 7) is 0. The second-order valence-electron chi connectivity index (χ2n) is 2.97. The highest BCUT2D eigenvalue weighted by Gasteiger charge is 2.02. The van der Waals surface area contributed by atoms with Crippen LogP contribution in [-0.2, 0) is 5.75 Å². The quantitative estimate of drug-likeness (QED) is 0.800. The Morgan fingerprint density at radius 2 is 2.14 bits per heavy atom. The number of benzene rings is 1. The SMILES string of the molecule is CNC(C#N)CSCc1ccccc1. The third-order valence-corrected chi connectivity index (χ3v) is 3.01. The molecule has 0 aliphatic heterocycles. The summed E-state index contributed by atoms with van der Waals surface area (Å²) in [6.07, 6.45) is 0. The van der Waals surface area contributed by atoms with Crippen LogP contribution in [0.5, 0.6) is 0 Å². The van der Waals surface area contributed by atoms with Gasteiger partial charge in [0.25, 0.3) is 0 Å². The lowest BCUT2D eigenvalue weighted by Gasteiger charge is -2.06. The van der Waals surface area contributed by atoms with Crippen LogP contribution in [-0.4, -0.2) is 18.8 Å². The fraction of sp³-hybridized carbons (Fsp3) is 0.364. The van der Waals surface area contributed by atoms with E-state index < -0.39 is 0 Å². The van der Waals surface area contributed by atoms with Crippen molar-refractivity contribution in [1.29, 1.82) is 5.26 Å². The van der Waals surface area contributed by atoms with E-state index in [4.69, 9.17) is 5.26 Å². The van der Waals surface area contributed by atoms with E-state index in [1.165, 1.54) is 5.56 Å². The molecule has 0 spiro atoms. The van der Waals surface area contributed by atoms with Gasteiger partial charge in [0.1, 0.15) is 6.04 Å². The Morgan fingerprint density at radius 1 is 1.43 bits per heavy atom. The first-order valence-corrected chi connectivity index (χ1v) is 5.71. The number of rotatable bonds is 5. The van der Waals surface area contributed by atoms with Gasteiger partial charge < -0.3 is 5.32 Å². The van der Waals surface area contributed by atoms with E-state index in [9.17, 15) is 0 Å². The van der Waals surface area contributed by atoms with Crippen molar-refractivity contribution in [2.24, 2.45) is 0 Å². The van der Waals surface area contributed by atoms with Crippen LogP contribution >= 0.6 is 11.8 Å². The summed E-state index contributed by atoms with van der Waals surface area (Å²) in [5.74, 6) is 1.81. The van der Waals surface area contributed by atoms with Gasteiger partial charge in [0, 0.05) is 11.5 Å². The Hall–Kier alpha value is -0.980. The maximum Gasteiger partial charge on any atom is 0.104 e. The topological polar surface area (TPSA) is 35.8 Å². The number of hydrogen-bond donors (Lipinski definition) is 1. The highest BCUT2D eigenvalue weighted by atomic mass is 32.2. The minimum atomic E-state index is -0.0382. The van der Waals surface area contributed by atoms with Gasteiger partial charge in [-0.1, -0.05) is 30.3 Å². The molecule has 0 fully saturated rings. The van der Waals surface area contributed by atoms with Crippen LogP contribution < -0.4 is 5.32 Å². The molecule has 1 unspecified atom stereocenters. The Balaban J connectivity index is 2.26. The molecule has 2 nitrogen and oxygen atoms in total. The standard InChI is InChI=1S/C11H14N2S/c1-13-11(7-12)9-14-8-10-5-3-2-4-6-10/h2-6,11,13H,8-9H2,1H3. The van der Waals surface area contributed by atoms with Crippen molar-refractivity contribution in [2.75, 3.05) is 12.8 Å². The zero-order valence-electron chi connectivity index (χ0n) is 8.23. The molecule has 0 bridgehead atoms. The molecule has 0 saturated heterocycles. The highest BCUT2D eigenvalue weighted by Crippen LogP contribution is 2.12. The van der Waals surface area contributed by atoms with E-state index in [0.29, 0.717) is 0 Å². The lowest BCUT2D eigenvalue weighted by molar-refractivity contribution is 0.750. The molecule has 3 heteroatoms. The first kappa shape index (κ1) is 11.1. The Labute approximate surface area is 89.3 Å². The predicted molar refractivity (Wildman–Crippen MR) is 61.1 cm³/mol. The minimum Gasteiger partial charge on any atom is -0.304 e. The molecule has 74 valence electrons. The molecule has 0 aromatic heterocycles. The van der Waals surface area contributed by atoms with Crippen LogP contribution in [0, 0.1) is 11.3 Å². The van der Waals surface area contributed by atoms with Crippen LogP contribution in [0.2, 0.25) is 0 Å². The molecular weight excluding hydrogens is 192 g/mol. The van der Waals surface area contributed by atoms with Gasteiger partial charge in [-0.15, -0.1) is 0 Å². The van der Waals surface area contributed by atoms with Gasteiger partial charge in [-0.2, -0.15) is 17.0 Å². The lowest BCUT2D eigenvalue weighted by atomic mass is 10.2. The number of nitriles is 1. The van der Waals surface area contributed by atoms with E-state index in [2.05, 4.69) is 23.5 Å². The van der Waals surface area contributed by atoms with Gasteiger partial charge in [0.05, 0.1) is 6.07 Å². The van der Waals surface area contributed by atoms with Crippen molar-refractivity contribution < 1.29 is 0 Å². The Bertz CT molecular complexity index is 292. The Morgan fingerprint density at radius 3 is 2.71 bits per heavy atom. The van der Waals surface area contributed by atoms with Crippen molar-refractivity contribution in [2.45, 2.75) is 11.8 Å². The van der Waals surface area contributed by atoms with Gasteiger partial charge in [-0.25, -0.2) is 0 Å². The summed E-state index contributed by atoms with van der Waals surface area (Å²) in [7, 11) is 1.82. The maximum atomic E-state index is 8.70. The molecule has 0 aliphatic carbocycles. The van der Waals surface area contributed by atoms with E-state index in [0.717, 1.165) is 11.5 Å². The summed E-state index contributed by atoms with van der Waals surface area (Å²) in [6, 6.07) is 12.5. The number of thioether (sulfide) groups is 1. The van der Waals surface area contributed by atoms with Crippen molar-refractivity contribution in [1.82, 2.24) is 5.32 Å². The molecule has 0 saturated carbocycles. The van der Waals surface area contributed by atoms with Crippen molar-refractivity contribution in [3.63, 3.8) is 0 Å². The zero-order chi connectivity index (χ0) is 10.2. The molecule has 1 aromatic rings. The van der Waals surface area contributed by atoms with Crippen LogP contribution in [0.15, 0.2) is 30.3 Å².